The van der Waals surface area contributed by atoms with Gasteiger partial charge in [-0.05, 0) is 55.2 Å². The van der Waals surface area contributed by atoms with E-state index in [0.29, 0.717) is 17.7 Å². The van der Waals surface area contributed by atoms with E-state index in [1.165, 1.54) is 0 Å². The molecule has 0 bridgehead atoms. The summed E-state index contributed by atoms with van der Waals surface area (Å²) in [5, 5.41) is 0. The van der Waals surface area contributed by atoms with E-state index in [2.05, 4.69) is 4.98 Å². The van der Waals surface area contributed by atoms with E-state index in [9.17, 15) is 4.79 Å². The fourth-order valence-electron chi connectivity index (χ4n) is 2.38. The molecule has 3 heteroatoms. The van der Waals surface area contributed by atoms with Gasteiger partial charge >= 0.3 is 0 Å². The lowest BCUT2D eigenvalue weighted by Crippen LogP contribution is -2.06. The van der Waals surface area contributed by atoms with Crippen molar-refractivity contribution in [1.82, 2.24) is 4.98 Å². The number of aryl methyl sites for hydroxylation is 3. The zero-order chi connectivity index (χ0) is 14.5. The highest BCUT2D eigenvalue weighted by molar-refractivity contribution is 6.00. The Hall–Kier alpha value is -2.16. The van der Waals surface area contributed by atoms with Crippen molar-refractivity contribution in [3.63, 3.8) is 0 Å². The van der Waals surface area contributed by atoms with Crippen LogP contribution in [0, 0.1) is 13.8 Å². The molecule has 0 saturated heterocycles. The molecule has 0 saturated carbocycles. The third-order valence-electron chi connectivity index (χ3n) is 3.33. The maximum absolute atomic E-state index is 12.4. The molecule has 104 valence electrons. The van der Waals surface area contributed by atoms with Crippen LogP contribution in [0.3, 0.4) is 0 Å². The van der Waals surface area contributed by atoms with Crippen LogP contribution in [0.1, 0.15) is 33.5 Å². The molecule has 1 heterocycles. The predicted octanol–water partition coefficient (Wildman–Crippen LogP) is 3.52. The van der Waals surface area contributed by atoms with Gasteiger partial charge in [-0.2, -0.15) is 0 Å². The number of Topliss-reactive ketones (excluding diaryl/α,β-unsaturated/α-hetero) is 1. The Kier molecular flexibility index (Phi) is 4.51. The van der Waals surface area contributed by atoms with Crippen molar-refractivity contribution in [2.45, 2.75) is 26.7 Å². The predicted molar refractivity (Wildman–Crippen MR) is 79.4 cm³/mol. The SMILES string of the molecule is COc1cc(C)cc(C)c1C(=O)CCc1ccncc1. The number of aromatic nitrogens is 1. The number of rotatable bonds is 5. The molecule has 3 nitrogen and oxygen atoms in total. The Morgan fingerprint density at radius 3 is 2.55 bits per heavy atom. The number of nitrogens with zero attached hydrogens (tertiary/aromatic N) is 1. The van der Waals surface area contributed by atoms with Gasteiger partial charge in [-0.15, -0.1) is 0 Å². The van der Waals surface area contributed by atoms with E-state index in [4.69, 9.17) is 4.74 Å². The molecule has 0 N–H and O–H groups in total. The second-order valence-corrected chi connectivity index (χ2v) is 4.94. The minimum Gasteiger partial charge on any atom is -0.496 e. The van der Waals surface area contributed by atoms with Gasteiger partial charge in [0.1, 0.15) is 5.75 Å². The number of carbonyl (C=O) groups excluding carboxylic acids is 1. The number of hydrogen-bond donors (Lipinski definition) is 0. The lowest BCUT2D eigenvalue weighted by molar-refractivity contribution is 0.0979. The Balaban J connectivity index is 2.17. The molecule has 1 aromatic carbocycles. The highest BCUT2D eigenvalue weighted by Gasteiger charge is 2.15. The first kappa shape index (κ1) is 14.3. The van der Waals surface area contributed by atoms with Gasteiger partial charge in [0.2, 0.25) is 0 Å². The van der Waals surface area contributed by atoms with Gasteiger partial charge in [0.25, 0.3) is 0 Å². The summed E-state index contributed by atoms with van der Waals surface area (Å²) in [6, 6.07) is 7.80. The van der Waals surface area contributed by atoms with Gasteiger partial charge in [-0.1, -0.05) is 6.07 Å². The van der Waals surface area contributed by atoms with Crippen molar-refractivity contribution >= 4 is 5.78 Å². The van der Waals surface area contributed by atoms with Gasteiger partial charge in [-0.25, -0.2) is 0 Å². The lowest BCUT2D eigenvalue weighted by Gasteiger charge is -2.12. The highest BCUT2D eigenvalue weighted by atomic mass is 16.5. The topological polar surface area (TPSA) is 39.2 Å². The van der Waals surface area contributed by atoms with Crippen molar-refractivity contribution in [3.05, 3.63) is 58.9 Å². The van der Waals surface area contributed by atoms with Gasteiger partial charge in [-0.3, -0.25) is 9.78 Å². The van der Waals surface area contributed by atoms with Crippen LogP contribution >= 0.6 is 0 Å². The fraction of sp³-hybridized carbons (Fsp3) is 0.294. The van der Waals surface area contributed by atoms with Crippen molar-refractivity contribution in [1.29, 1.82) is 0 Å². The van der Waals surface area contributed by atoms with Crippen LogP contribution in [0.15, 0.2) is 36.7 Å². The molecule has 0 atom stereocenters. The van der Waals surface area contributed by atoms with Crippen molar-refractivity contribution < 1.29 is 9.53 Å². The number of methoxy groups -OCH3 is 1. The van der Waals surface area contributed by atoms with E-state index < -0.39 is 0 Å². The summed E-state index contributed by atoms with van der Waals surface area (Å²) < 4.78 is 5.35. The summed E-state index contributed by atoms with van der Waals surface area (Å²) in [4.78, 5) is 16.4. The largest absolute Gasteiger partial charge is 0.496 e. The van der Waals surface area contributed by atoms with E-state index >= 15 is 0 Å². The number of hydrogen-bond acceptors (Lipinski definition) is 3. The van der Waals surface area contributed by atoms with Gasteiger partial charge in [0.15, 0.2) is 5.78 Å². The number of ketones is 1. The van der Waals surface area contributed by atoms with Crippen LogP contribution in [0.2, 0.25) is 0 Å². The average Bonchev–Trinajstić information content (AvgIpc) is 2.45. The molecule has 1 aromatic heterocycles. The average molecular weight is 269 g/mol. The van der Waals surface area contributed by atoms with Gasteiger partial charge in [0.05, 0.1) is 12.7 Å². The second-order valence-electron chi connectivity index (χ2n) is 4.94. The third kappa shape index (κ3) is 3.23. The van der Waals surface area contributed by atoms with Crippen LogP contribution in [-0.2, 0) is 6.42 Å². The highest BCUT2D eigenvalue weighted by Crippen LogP contribution is 2.26. The first-order valence-electron chi connectivity index (χ1n) is 6.69. The summed E-state index contributed by atoms with van der Waals surface area (Å²) in [7, 11) is 1.61. The number of carbonyl (C=O) groups is 1. The summed E-state index contributed by atoms with van der Waals surface area (Å²) in [6.45, 7) is 3.95. The summed E-state index contributed by atoms with van der Waals surface area (Å²) in [6.07, 6.45) is 4.69. The van der Waals surface area contributed by atoms with E-state index in [1.54, 1.807) is 19.5 Å². The first-order chi connectivity index (χ1) is 9.61. The normalized spacial score (nSPS) is 10.3. The molecule has 0 radical (unpaired) electrons. The molecule has 0 aliphatic heterocycles. The summed E-state index contributed by atoms with van der Waals surface area (Å²) in [5.41, 5.74) is 3.90. The van der Waals surface area contributed by atoms with E-state index in [1.807, 2.05) is 38.1 Å². The molecular formula is C17H19NO2. The fourth-order valence-corrected chi connectivity index (χ4v) is 2.38. The van der Waals surface area contributed by atoms with Crippen LogP contribution < -0.4 is 4.74 Å². The molecular weight excluding hydrogens is 250 g/mol. The molecule has 0 aliphatic rings. The monoisotopic (exact) mass is 269 g/mol. The molecule has 0 aliphatic carbocycles. The Morgan fingerprint density at radius 1 is 1.20 bits per heavy atom. The Bertz CT molecular complexity index is 606. The van der Waals surface area contributed by atoms with Gasteiger partial charge in [0, 0.05) is 18.8 Å². The molecule has 0 spiro atoms. The van der Waals surface area contributed by atoms with E-state index in [-0.39, 0.29) is 5.78 Å². The zero-order valence-electron chi connectivity index (χ0n) is 12.1. The summed E-state index contributed by atoms with van der Waals surface area (Å²) >= 11 is 0. The second kappa shape index (κ2) is 6.33. The molecule has 2 rings (SSSR count). The van der Waals surface area contributed by atoms with Crippen molar-refractivity contribution in [3.8, 4) is 5.75 Å². The van der Waals surface area contributed by atoms with Crippen LogP contribution in [0.5, 0.6) is 5.75 Å². The molecule has 0 fully saturated rings. The number of pyridine rings is 1. The smallest absolute Gasteiger partial charge is 0.167 e. The Labute approximate surface area is 119 Å². The minimum absolute atomic E-state index is 0.121. The zero-order valence-corrected chi connectivity index (χ0v) is 12.1. The van der Waals surface area contributed by atoms with E-state index in [0.717, 1.165) is 23.1 Å². The first-order valence-corrected chi connectivity index (χ1v) is 6.69. The summed E-state index contributed by atoms with van der Waals surface area (Å²) in [5.74, 6) is 0.790. The molecule has 2 aromatic rings. The van der Waals surface area contributed by atoms with Gasteiger partial charge < -0.3 is 4.74 Å². The van der Waals surface area contributed by atoms with Crippen LogP contribution in [-0.4, -0.2) is 17.9 Å². The van der Waals surface area contributed by atoms with Crippen molar-refractivity contribution in [2.24, 2.45) is 0 Å². The maximum atomic E-state index is 12.4. The molecule has 20 heavy (non-hydrogen) atoms. The third-order valence-corrected chi connectivity index (χ3v) is 3.33. The number of benzene rings is 1. The molecule has 0 unspecified atom stereocenters. The standard InChI is InChI=1S/C17H19NO2/c1-12-10-13(2)17(16(11-12)20-3)15(19)5-4-14-6-8-18-9-7-14/h6-11H,4-5H2,1-3H3. The maximum Gasteiger partial charge on any atom is 0.167 e. The van der Waals surface area contributed by atoms with Crippen LogP contribution in [0.4, 0.5) is 0 Å². The quantitative estimate of drug-likeness (QED) is 0.780. The van der Waals surface area contributed by atoms with Crippen LogP contribution in [0.25, 0.3) is 0 Å². The lowest BCUT2D eigenvalue weighted by atomic mass is 9.97. The van der Waals surface area contributed by atoms with Crippen molar-refractivity contribution in [2.75, 3.05) is 7.11 Å². The Morgan fingerprint density at radius 2 is 1.90 bits per heavy atom. The number of ether oxygens (including phenoxy) is 1. The molecule has 0 amide bonds. The minimum atomic E-state index is 0.121.